The van der Waals surface area contributed by atoms with Gasteiger partial charge in [0.25, 0.3) is 5.91 Å². The van der Waals surface area contributed by atoms with Gasteiger partial charge in [-0.15, -0.1) is 28.2 Å². The van der Waals surface area contributed by atoms with E-state index in [4.69, 9.17) is 0 Å². The van der Waals surface area contributed by atoms with E-state index in [1.165, 1.54) is 39.8 Å². The third kappa shape index (κ3) is 4.36. The molecule has 3 atom stereocenters. The molecular formula is C18H19N5O5S4. The van der Waals surface area contributed by atoms with Gasteiger partial charge in [-0.25, -0.2) is 4.79 Å². The highest BCUT2D eigenvalue weighted by Gasteiger charge is 2.54. The smallest absolute Gasteiger partial charge is 0.352 e. The highest BCUT2D eigenvalue weighted by atomic mass is 32.2. The number of aromatic nitrogens is 3. The van der Waals surface area contributed by atoms with Crippen LogP contribution >= 0.6 is 34.9 Å². The molecule has 0 bridgehead atoms. The van der Waals surface area contributed by atoms with Crippen LogP contribution in [-0.4, -0.2) is 75.7 Å². The van der Waals surface area contributed by atoms with Gasteiger partial charge >= 0.3 is 5.97 Å². The van der Waals surface area contributed by atoms with Gasteiger partial charge in [-0.3, -0.25) is 23.4 Å². The van der Waals surface area contributed by atoms with Crippen molar-refractivity contribution in [2.75, 3.05) is 17.3 Å². The van der Waals surface area contributed by atoms with Crippen LogP contribution in [0.1, 0.15) is 5.69 Å². The zero-order chi connectivity index (χ0) is 23.0. The molecule has 0 radical (unpaired) electrons. The maximum atomic E-state index is 12.7. The third-order valence-corrected chi connectivity index (χ3v) is 10.1. The molecule has 32 heavy (non-hydrogen) atoms. The molecule has 0 aromatic carbocycles. The Morgan fingerprint density at radius 1 is 1.44 bits per heavy atom. The van der Waals surface area contributed by atoms with Crippen LogP contribution in [0.2, 0.25) is 0 Å². The summed E-state index contributed by atoms with van der Waals surface area (Å²) >= 11 is 4.07. The van der Waals surface area contributed by atoms with Crippen molar-refractivity contribution in [3.63, 3.8) is 0 Å². The van der Waals surface area contributed by atoms with Crippen molar-refractivity contribution in [1.82, 2.24) is 25.2 Å². The first kappa shape index (κ1) is 23.0. The molecule has 3 unspecified atom stereocenters. The molecule has 0 aliphatic carbocycles. The highest BCUT2D eigenvalue weighted by molar-refractivity contribution is 8.01. The van der Waals surface area contributed by atoms with Gasteiger partial charge in [-0.1, -0.05) is 23.0 Å². The number of carboxylic acid groups (broad SMARTS) is 1. The van der Waals surface area contributed by atoms with Crippen molar-refractivity contribution >= 4 is 63.4 Å². The molecule has 0 saturated carbocycles. The third-order valence-electron chi connectivity index (χ3n) is 5.00. The van der Waals surface area contributed by atoms with E-state index in [-0.39, 0.29) is 11.4 Å². The second kappa shape index (κ2) is 9.37. The second-order valence-corrected chi connectivity index (χ2v) is 11.7. The number of aryl methyl sites for hydroxylation is 1. The van der Waals surface area contributed by atoms with Crippen LogP contribution in [0.5, 0.6) is 0 Å². The predicted molar refractivity (Wildman–Crippen MR) is 122 cm³/mol. The van der Waals surface area contributed by atoms with E-state index in [2.05, 4.69) is 15.6 Å². The van der Waals surface area contributed by atoms with Gasteiger partial charge in [0, 0.05) is 18.6 Å². The number of aliphatic carboxylic acids is 1. The summed E-state index contributed by atoms with van der Waals surface area (Å²) in [5.74, 6) is -1.64. The lowest BCUT2D eigenvalue weighted by atomic mass is 10.0. The minimum atomic E-state index is -1.48. The molecular weight excluding hydrogens is 494 g/mol. The fraction of sp³-hybridized carbons (Fsp3) is 0.389. The van der Waals surface area contributed by atoms with E-state index in [1.54, 1.807) is 29.2 Å². The first-order valence-corrected chi connectivity index (χ1v) is 13.6. The zero-order valence-corrected chi connectivity index (χ0v) is 20.3. The number of hydrogen-bond donors (Lipinski definition) is 2. The topological polar surface area (TPSA) is 134 Å². The Bertz CT molecular complexity index is 1130. The Labute approximate surface area is 198 Å². The van der Waals surface area contributed by atoms with E-state index < -0.39 is 40.0 Å². The largest absolute Gasteiger partial charge is 0.477 e. The lowest BCUT2D eigenvalue weighted by molar-refractivity contribution is -0.150. The Hall–Kier alpha value is -2.16. The van der Waals surface area contributed by atoms with Gasteiger partial charge in [-0.2, -0.15) is 0 Å². The minimum Gasteiger partial charge on any atom is -0.477 e. The lowest BCUT2D eigenvalue weighted by Gasteiger charge is -2.49. The Morgan fingerprint density at radius 2 is 2.22 bits per heavy atom. The number of nitrogens with zero attached hydrogens (tertiary/aromatic N) is 4. The average Bonchev–Trinajstić information content (AvgIpc) is 3.41. The van der Waals surface area contributed by atoms with Crippen LogP contribution < -0.4 is 5.32 Å². The number of hydrogen-bond acceptors (Lipinski definition) is 9. The summed E-state index contributed by atoms with van der Waals surface area (Å²) in [6, 6.07) is 2.61. The maximum Gasteiger partial charge on any atom is 0.352 e. The Morgan fingerprint density at radius 3 is 2.84 bits per heavy atom. The fourth-order valence-corrected chi connectivity index (χ4v) is 7.64. The fourth-order valence-electron chi connectivity index (χ4n) is 3.27. The maximum absolute atomic E-state index is 12.7. The average molecular weight is 514 g/mol. The van der Waals surface area contributed by atoms with Crippen molar-refractivity contribution in [2.45, 2.75) is 27.6 Å². The van der Waals surface area contributed by atoms with Gasteiger partial charge < -0.3 is 10.4 Å². The van der Waals surface area contributed by atoms with E-state index in [0.717, 1.165) is 5.69 Å². The number of β-lactam (4-membered cyclic amide) rings is 1. The van der Waals surface area contributed by atoms with Gasteiger partial charge in [0.05, 0.1) is 20.7 Å². The molecule has 2 aromatic heterocycles. The second-order valence-electron chi connectivity index (χ2n) is 7.03. The number of nitrogens with one attached hydrogen (secondary N) is 1. The molecule has 0 spiro atoms. The molecule has 2 aromatic rings. The first-order valence-electron chi connectivity index (χ1n) is 9.38. The van der Waals surface area contributed by atoms with Crippen molar-refractivity contribution in [1.29, 1.82) is 0 Å². The molecule has 2 N–H and O–H groups in total. The molecule has 2 aliphatic heterocycles. The van der Waals surface area contributed by atoms with Crippen LogP contribution in [0.15, 0.2) is 38.0 Å². The number of fused-ring (bicyclic) bond motifs is 1. The molecule has 10 nitrogen and oxygen atoms in total. The van der Waals surface area contributed by atoms with E-state index >= 15 is 0 Å². The molecule has 170 valence electrons. The quantitative estimate of drug-likeness (QED) is 0.389. The van der Waals surface area contributed by atoms with Crippen LogP contribution in [0.3, 0.4) is 0 Å². The van der Waals surface area contributed by atoms with Gasteiger partial charge in [-0.05, 0) is 23.9 Å². The monoisotopic (exact) mass is 513 g/mol. The number of thiophene rings is 1. The first-order chi connectivity index (χ1) is 15.3. The van der Waals surface area contributed by atoms with Crippen LogP contribution in [0, 0.1) is 6.92 Å². The van der Waals surface area contributed by atoms with Crippen molar-refractivity contribution < 1.29 is 23.7 Å². The molecule has 2 amide bonds. The van der Waals surface area contributed by atoms with E-state index in [9.17, 15) is 23.7 Å². The minimum absolute atomic E-state index is 0.0412. The van der Waals surface area contributed by atoms with Crippen molar-refractivity contribution in [3.8, 4) is 0 Å². The number of carboxylic acids is 1. The Kier molecular flexibility index (Phi) is 6.74. The number of carbonyl (C=O) groups is 3. The highest BCUT2D eigenvalue weighted by Crippen LogP contribution is 2.41. The SMILES string of the molecule is Cc1c(SCC2=C(C(=O)O)N3C(=O)C(NC(=O)CS(=O)c4cccs4)C3SC2)nnn1C. The summed E-state index contributed by atoms with van der Waals surface area (Å²) in [7, 11) is 0.293. The summed E-state index contributed by atoms with van der Waals surface area (Å²) in [6.45, 7) is 1.87. The lowest BCUT2D eigenvalue weighted by Crippen LogP contribution is -2.70. The number of thioether (sulfide) groups is 2. The van der Waals surface area contributed by atoms with Crippen LogP contribution in [0.4, 0.5) is 0 Å². The Balaban J connectivity index is 1.42. The molecule has 2 aliphatic rings. The molecule has 1 saturated heterocycles. The van der Waals surface area contributed by atoms with E-state index in [0.29, 0.717) is 26.3 Å². The molecule has 14 heteroatoms. The number of amides is 2. The van der Waals surface area contributed by atoms with Crippen molar-refractivity contribution in [2.24, 2.45) is 7.05 Å². The van der Waals surface area contributed by atoms with Crippen LogP contribution in [-0.2, 0) is 32.2 Å². The summed E-state index contributed by atoms with van der Waals surface area (Å²) in [6.07, 6.45) is 0. The van der Waals surface area contributed by atoms with Gasteiger partial charge in [0.1, 0.15) is 27.9 Å². The summed E-state index contributed by atoms with van der Waals surface area (Å²) in [4.78, 5) is 38.2. The van der Waals surface area contributed by atoms with Gasteiger partial charge in [0.15, 0.2) is 0 Å². The summed E-state index contributed by atoms with van der Waals surface area (Å²) in [5, 5.41) is 22.4. The number of rotatable bonds is 8. The summed E-state index contributed by atoms with van der Waals surface area (Å²) in [5.41, 5.74) is 1.45. The summed E-state index contributed by atoms with van der Waals surface area (Å²) < 4.78 is 14.5. The molecule has 4 heterocycles. The zero-order valence-electron chi connectivity index (χ0n) is 17.0. The van der Waals surface area contributed by atoms with Crippen molar-refractivity contribution in [3.05, 3.63) is 34.5 Å². The van der Waals surface area contributed by atoms with E-state index in [1.807, 2.05) is 6.92 Å². The standard InChI is InChI=1S/C18H19N5O5S4/c1-9-15(20-21-22(9)2)30-6-10-7-31-17-13(16(25)23(17)14(10)18(26)27)19-11(24)8-32(28)12-4-3-5-29-12/h3-5,13,17H,6-8H2,1-2H3,(H,19,24)(H,26,27). The van der Waals surface area contributed by atoms with Gasteiger partial charge in [0.2, 0.25) is 5.91 Å². The normalized spacial score (nSPS) is 21.2. The molecule has 4 rings (SSSR count). The predicted octanol–water partition coefficient (Wildman–Crippen LogP) is 0.824. The number of carbonyl (C=O) groups excluding carboxylic acids is 2. The molecule has 1 fully saturated rings. The van der Waals surface area contributed by atoms with Crippen LogP contribution in [0.25, 0.3) is 0 Å².